The second kappa shape index (κ2) is 4.09. The van der Waals surface area contributed by atoms with Gasteiger partial charge in [-0.3, -0.25) is 9.59 Å². The molecule has 1 aromatic heterocycles. The quantitative estimate of drug-likeness (QED) is 0.699. The van der Waals surface area contributed by atoms with Gasteiger partial charge in [0.15, 0.2) is 5.13 Å². The van der Waals surface area contributed by atoms with Gasteiger partial charge >= 0.3 is 0 Å². The topological polar surface area (TPSA) is 88.3 Å². The van der Waals surface area contributed by atoms with Crippen molar-refractivity contribution in [3.8, 4) is 0 Å². The van der Waals surface area contributed by atoms with Gasteiger partial charge in [0.1, 0.15) is 4.88 Å². The Morgan fingerprint density at radius 1 is 1.62 bits per heavy atom. The molecule has 86 valence electrons. The van der Waals surface area contributed by atoms with E-state index in [9.17, 15) is 9.59 Å². The van der Waals surface area contributed by atoms with Crippen LogP contribution in [-0.4, -0.2) is 41.3 Å². The van der Waals surface area contributed by atoms with Crippen molar-refractivity contribution < 1.29 is 9.59 Å². The molecule has 0 aromatic carbocycles. The van der Waals surface area contributed by atoms with Crippen molar-refractivity contribution in [2.24, 2.45) is 0 Å². The minimum Gasteiger partial charge on any atom is -0.375 e. The highest BCUT2D eigenvalue weighted by Gasteiger charge is 2.25. The largest absolute Gasteiger partial charge is 0.375 e. The number of anilines is 1. The van der Waals surface area contributed by atoms with Crippen molar-refractivity contribution in [2.45, 2.75) is 6.92 Å². The lowest BCUT2D eigenvalue weighted by molar-refractivity contribution is -0.123. The molecule has 6 nitrogen and oxygen atoms in total. The number of hydrogen-bond acceptors (Lipinski definition) is 5. The zero-order valence-corrected chi connectivity index (χ0v) is 9.63. The van der Waals surface area contributed by atoms with E-state index in [1.165, 1.54) is 4.90 Å². The molecule has 0 aliphatic carbocycles. The van der Waals surface area contributed by atoms with Crippen LogP contribution in [0.3, 0.4) is 0 Å². The number of nitrogens with zero attached hydrogens (tertiary/aromatic N) is 2. The highest BCUT2D eigenvalue weighted by Crippen LogP contribution is 2.21. The monoisotopic (exact) mass is 240 g/mol. The maximum absolute atomic E-state index is 12.0. The molecule has 1 aliphatic heterocycles. The zero-order chi connectivity index (χ0) is 11.7. The van der Waals surface area contributed by atoms with Gasteiger partial charge in [-0.25, -0.2) is 4.98 Å². The number of carbonyl (C=O) groups is 2. The first-order chi connectivity index (χ1) is 7.58. The molecular formula is C9H12N4O2S. The first kappa shape index (κ1) is 10.9. The normalized spacial score (nSPS) is 16.1. The summed E-state index contributed by atoms with van der Waals surface area (Å²) in [4.78, 5) is 29.2. The Hall–Kier alpha value is -1.63. The molecule has 0 spiro atoms. The summed E-state index contributed by atoms with van der Waals surface area (Å²) >= 11 is 1.16. The van der Waals surface area contributed by atoms with Gasteiger partial charge < -0.3 is 16.0 Å². The summed E-state index contributed by atoms with van der Waals surface area (Å²) in [6.45, 7) is 2.87. The van der Waals surface area contributed by atoms with E-state index in [0.717, 1.165) is 11.3 Å². The number of aryl methyl sites for hydroxylation is 1. The third-order valence-corrected chi connectivity index (χ3v) is 3.31. The number of piperazine rings is 1. The third kappa shape index (κ3) is 1.99. The lowest BCUT2D eigenvalue weighted by Gasteiger charge is -2.26. The summed E-state index contributed by atoms with van der Waals surface area (Å²) in [6.07, 6.45) is 0. The van der Waals surface area contributed by atoms with E-state index >= 15 is 0 Å². The first-order valence-electron chi connectivity index (χ1n) is 4.87. The lowest BCUT2D eigenvalue weighted by atomic mass is 10.3. The van der Waals surface area contributed by atoms with Gasteiger partial charge in [-0.15, -0.1) is 0 Å². The molecule has 0 radical (unpaired) electrons. The smallest absolute Gasteiger partial charge is 0.266 e. The Morgan fingerprint density at radius 2 is 2.38 bits per heavy atom. The van der Waals surface area contributed by atoms with E-state index in [-0.39, 0.29) is 18.4 Å². The Labute approximate surface area is 96.4 Å². The number of carbonyl (C=O) groups excluding carboxylic acids is 2. The highest BCUT2D eigenvalue weighted by atomic mass is 32.1. The first-order valence-corrected chi connectivity index (χ1v) is 5.68. The lowest BCUT2D eigenvalue weighted by Crippen LogP contribution is -2.49. The molecule has 0 atom stereocenters. The van der Waals surface area contributed by atoms with Crippen molar-refractivity contribution in [1.82, 2.24) is 15.2 Å². The van der Waals surface area contributed by atoms with Gasteiger partial charge in [-0.2, -0.15) is 0 Å². The van der Waals surface area contributed by atoms with Gasteiger partial charge in [-0.05, 0) is 6.92 Å². The third-order valence-electron chi connectivity index (χ3n) is 2.33. The number of rotatable bonds is 1. The number of hydrogen-bond donors (Lipinski definition) is 2. The maximum atomic E-state index is 12.0. The number of nitrogens with one attached hydrogen (secondary N) is 1. The van der Waals surface area contributed by atoms with Crippen LogP contribution < -0.4 is 11.1 Å². The van der Waals surface area contributed by atoms with Gasteiger partial charge in [0.2, 0.25) is 5.91 Å². The van der Waals surface area contributed by atoms with Crippen LogP contribution in [0.15, 0.2) is 0 Å². The molecule has 3 N–H and O–H groups in total. The van der Waals surface area contributed by atoms with E-state index in [1.807, 2.05) is 0 Å². The summed E-state index contributed by atoms with van der Waals surface area (Å²) in [7, 11) is 0. The molecule has 1 aliphatic rings. The van der Waals surface area contributed by atoms with Crippen molar-refractivity contribution in [1.29, 1.82) is 0 Å². The molecule has 1 saturated heterocycles. The number of thiazole rings is 1. The van der Waals surface area contributed by atoms with Crippen LogP contribution in [0.1, 0.15) is 15.4 Å². The number of nitrogens with two attached hydrogens (primary N) is 1. The minimum atomic E-state index is -0.165. The van der Waals surface area contributed by atoms with Crippen LogP contribution in [0.2, 0.25) is 0 Å². The van der Waals surface area contributed by atoms with Crippen LogP contribution in [0, 0.1) is 6.92 Å². The average molecular weight is 240 g/mol. The second-order valence-corrected chi connectivity index (χ2v) is 4.57. The summed E-state index contributed by atoms with van der Waals surface area (Å²) in [5.41, 5.74) is 6.16. The van der Waals surface area contributed by atoms with Crippen LogP contribution in [-0.2, 0) is 4.79 Å². The van der Waals surface area contributed by atoms with Crippen LogP contribution in [0.5, 0.6) is 0 Å². The summed E-state index contributed by atoms with van der Waals surface area (Å²) in [5.74, 6) is -0.295. The molecule has 2 amide bonds. The van der Waals surface area contributed by atoms with E-state index in [1.54, 1.807) is 6.92 Å². The van der Waals surface area contributed by atoms with E-state index in [4.69, 9.17) is 5.73 Å². The molecule has 0 saturated carbocycles. The van der Waals surface area contributed by atoms with Crippen molar-refractivity contribution in [3.63, 3.8) is 0 Å². The molecular weight excluding hydrogens is 228 g/mol. The molecule has 2 heterocycles. The molecule has 0 unspecified atom stereocenters. The SMILES string of the molecule is Cc1nc(N)sc1C(=O)N1CCNC(=O)C1. The summed E-state index contributed by atoms with van der Waals surface area (Å²) < 4.78 is 0. The molecule has 2 rings (SSSR count). The van der Waals surface area contributed by atoms with Gasteiger partial charge in [0.25, 0.3) is 5.91 Å². The minimum absolute atomic E-state index is 0.107. The molecule has 16 heavy (non-hydrogen) atoms. The second-order valence-electron chi connectivity index (χ2n) is 3.54. The van der Waals surface area contributed by atoms with Crippen LogP contribution in [0.25, 0.3) is 0 Å². The predicted octanol–water partition coefficient (Wildman–Crippen LogP) is -0.394. The van der Waals surface area contributed by atoms with Gasteiger partial charge in [0, 0.05) is 13.1 Å². The summed E-state index contributed by atoms with van der Waals surface area (Å²) in [5, 5.41) is 3.05. The zero-order valence-electron chi connectivity index (χ0n) is 8.82. The fraction of sp³-hybridized carbons (Fsp3) is 0.444. The van der Waals surface area contributed by atoms with Crippen LogP contribution >= 0.6 is 11.3 Å². The van der Waals surface area contributed by atoms with E-state index in [2.05, 4.69) is 10.3 Å². The average Bonchev–Trinajstić information content (AvgIpc) is 2.57. The van der Waals surface area contributed by atoms with E-state index < -0.39 is 0 Å². The Morgan fingerprint density at radius 3 is 2.94 bits per heavy atom. The maximum Gasteiger partial charge on any atom is 0.266 e. The van der Waals surface area contributed by atoms with Gasteiger partial charge in [0.05, 0.1) is 12.2 Å². The molecule has 1 aromatic rings. The van der Waals surface area contributed by atoms with E-state index in [0.29, 0.717) is 28.8 Å². The fourth-order valence-corrected chi connectivity index (χ4v) is 2.37. The molecule has 1 fully saturated rings. The predicted molar refractivity (Wildman–Crippen MR) is 60.2 cm³/mol. The van der Waals surface area contributed by atoms with Gasteiger partial charge in [-0.1, -0.05) is 11.3 Å². The van der Waals surface area contributed by atoms with Crippen molar-refractivity contribution in [2.75, 3.05) is 25.4 Å². The Kier molecular flexibility index (Phi) is 2.78. The molecule has 7 heteroatoms. The van der Waals surface area contributed by atoms with Crippen molar-refractivity contribution >= 4 is 28.3 Å². The Balaban J connectivity index is 2.18. The fourth-order valence-electron chi connectivity index (χ4n) is 1.57. The number of amides is 2. The summed E-state index contributed by atoms with van der Waals surface area (Å²) in [6, 6.07) is 0. The van der Waals surface area contributed by atoms with Crippen molar-refractivity contribution in [3.05, 3.63) is 10.6 Å². The molecule has 0 bridgehead atoms. The Bertz CT molecular complexity index is 443. The van der Waals surface area contributed by atoms with Crippen LogP contribution in [0.4, 0.5) is 5.13 Å². The number of nitrogen functional groups attached to an aromatic ring is 1. The number of aromatic nitrogens is 1. The standard InChI is InChI=1S/C9H12N4O2S/c1-5-7(16-9(10)12-5)8(15)13-3-2-11-6(14)4-13/h2-4H2,1H3,(H2,10,12)(H,11,14). The highest BCUT2D eigenvalue weighted by molar-refractivity contribution is 7.17.